The number of nitrogens with zero attached hydrogens (tertiary/aromatic N) is 4. The van der Waals surface area contributed by atoms with E-state index < -0.39 is 10.8 Å². The molecule has 0 amide bonds. The highest BCUT2D eigenvalue weighted by molar-refractivity contribution is 5.43. The highest BCUT2D eigenvalue weighted by atomic mass is 14.7. The Morgan fingerprint density at radius 2 is 1.42 bits per heavy atom. The third-order valence-corrected chi connectivity index (χ3v) is 4.45. The van der Waals surface area contributed by atoms with Gasteiger partial charge in [0.05, 0.1) is 24.3 Å². The summed E-state index contributed by atoms with van der Waals surface area (Å²) in [6, 6.07) is 7.97. The Morgan fingerprint density at radius 3 is 1.95 bits per heavy atom. The first-order chi connectivity index (χ1) is 9.11. The minimum absolute atomic E-state index is 0.0182. The van der Waals surface area contributed by atoms with Gasteiger partial charge in [0.1, 0.15) is 0 Å². The maximum absolute atomic E-state index is 9.54. The van der Waals surface area contributed by atoms with Crippen molar-refractivity contribution in [2.75, 3.05) is 0 Å². The number of fused-ring (bicyclic) bond motifs is 2. The highest BCUT2D eigenvalue weighted by Crippen LogP contribution is 2.61. The molecule has 2 aliphatic rings. The standard InChI is InChI=1S/C15H12N4/c1-11-4-2-3-5-12-6-13(11)15(9-18,10-19)14(12,7-16)8-17/h2-5,11-13H,6H2,1H3/b4-2-,5-3-. The molecule has 92 valence electrons. The molecule has 0 heterocycles. The SMILES string of the molecule is CC1/C=C\C=C/C2CC1C(C#N)(C#N)C2(C#N)C#N. The molecule has 0 spiro atoms. The Labute approximate surface area is 112 Å². The molecule has 2 aliphatic carbocycles. The van der Waals surface area contributed by atoms with Gasteiger partial charge in [0.25, 0.3) is 0 Å². The summed E-state index contributed by atoms with van der Waals surface area (Å²) < 4.78 is 0. The van der Waals surface area contributed by atoms with Gasteiger partial charge in [0.2, 0.25) is 0 Å². The zero-order chi connectivity index (χ0) is 14.1. The Hall–Kier alpha value is -2.56. The summed E-state index contributed by atoms with van der Waals surface area (Å²) >= 11 is 0. The minimum atomic E-state index is -1.59. The van der Waals surface area contributed by atoms with Gasteiger partial charge in [-0.1, -0.05) is 31.2 Å². The fourth-order valence-electron chi connectivity index (χ4n) is 3.35. The zero-order valence-electron chi connectivity index (χ0n) is 10.5. The molecule has 2 bridgehead atoms. The van der Waals surface area contributed by atoms with Gasteiger partial charge in [-0.2, -0.15) is 21.0 Å². The summed E-state index contributed by atoms with van der Waals surface area (Å²) in [5, 5.41) is 38.1. The first-order valence-corrected chi connectivity index (χ1v) is 6.12. The van der Waals surface area contributed by atoms with Gasteiger partial charge in [-0.25, -0.2) is 0 Å². The molecular formula is C15H12N4. The first-order valence-electron chi connectivity index (χ1n) is 6.12. The van der Waals surface area contributed by atoms with Crippen LogP contribution in [0, 0.1) is 73.9 Å². The van der Waals surface area contributed by atoms with Crippen molar-refractivity contribution in [3.05, 3.63) is 24.3 Å². The van der Waals surface area contributed by atoms with E-state index in [1.807, 2.05) is 43.4 Å². The topological polar surface area (TPSA) is 95.2 Å². The van der Waals surface area contributed by atoms with E-state index >= 15 is 0 Å². The maximum Gasteiger partial charge on any atom is 0.181 e. The van der Waals surface area contributed by atoms with Gasteiger partial charge in [0, 0.05) is 11.8 Å². The van der Waals surface area contributed by atoms with Crippen LogP contribution in [-0.4, -0.2) is 0 Å². The summed E-state index contributed by atoms with van der Waals surface area (Å²) in [5.41, 5.74) is -3.16. The van der Waals surface area contributed by atoms with Crippen LogP contribution >= 0.6 is 0 Å². The van der Waals surface area contributed by atoms with Gasteiger partial charge in [-0.3, -0.25) is 0 Å². The van der Waals surface area contributed by atoms with Crippen LogP contribution in [0.5, 0.6) is 0 Å². The van der Waals surface area contributed by atoms with E-state index in [1.54, 1.807) is 12.2 Å². The van der Waals surface area contributed by atoms with Crippen molar-refractivity contribution in [3.8, 4) is 24.3 Å². The van der Waals surface area contributed by atoms with E-state index in [0.29, 0.717) is 6.42 Å². The predicted molar refractivity (Wildman–Crippen MR) is 66.4 cm³/mol. The fourth-order valence-corrected chi connectivity index (χ4v) is 3.35. The molecule has 4 heteroatoms. The van der Waals surface area contributed by atoms with Crippen LogP contribution in [0.2, 0.25) is 0 Å². The average Bonchev–Trinajstić information content (AvgIpc) is 2.73. The number of allylic oxidation sites excluding steroid dienone is 4. The van der Waals surface area contributed by atoms with Crippen molar-refractivity contribution >= 4 is 0 Å². The second-order valence-electron chi connectivity index (χ2n) is 5.14. The Kier molecular flexibility index (Phi) is 2.90. The summed E-state index contributed by atoms with van der Waals surface area (Å²) in [5.74, 6) is -0.692. The lowest BCUT2D eigenvalue weighted by atomic mass is 9.61. The van der Waals surface area contributed by atoms with E-state index in [-0.39, 0.29) is 17.8 Å². The summed E-state index contributed by atoms with van der Waals surface area (Å²) in [7, 11) is 0. The molecule has 19 heavy (non-hydrogen) atoms. The Balaban J connectivity index is 2.77. The molecule has 2 rings (SSSR count). The van der Waals surface area contributed by atoms with Gasteiger partial charge < -0.3 is 0 Å². The molecule has 1 saturated carbocycles. The highest BCUT2D eigenvalue weighted by Gasteiger charge is 2.68. The molecule has 0 aromatic rings. The van der Waals surface area contributed by atoms with E-state index in [0.717, 1.165) is 0 Å². The maximum atomic E-state index is 9.54. The van der Waals surface area contributed by atoms with Crippen LogP contribution in [0.25, 0.3) is 0 Å². The van der Waals surface area contributed by atoms with E-state index in [9.17, 15) is 21.0 Å². The van der Waals surface area contributed by atoms with Crippen LogP contribution in [0.3, 0.4) is 0 Å². The smallest absolute Gasteiger partial charge is 0.181 e. The molecule has 3 unspecified atom stereocenters. The molecule has 0 saturated heterocycles. The van der Waals surface area contributed by atoms with Crippen molar-refractivity contribution in [1.82, 2.24) is 0 Å². The summed E-state index contributed by atoms with van der Waals surface area (Å²) in [6.07, 6.45) is 7.87. The van der Waals surface area contributed by atoms with Crippen molar-refractivity contribution in [1.29, 1.82) is 21.0 Å². The third-order valence-electron chi connectivity index (χ3n) is 4.45. The Bertz CT molecular complexity index is 586. The second-order valence-corrected chi connectivity index (χ2v) is 5.14. The molecular weight excluding hydrogens is 236 g/mol. The zero-order valence-corrected chi connectivity index (χ0v) is 10.5. The Morgan fingerprint density at radius 1 is 0.895 bits per heavy atom. The van der Waals surface area contributed by atoms with Crippen molar-refractivity contribution in [2.24, 2.45) is 28.6 Å². The van der Waals surface area contributed by atoms with Crippen LogP contribution in [0.1, 0.15) is 13.3 Å². The van der Waals surface area contributed by atoms with Gasteiger partial charge >= 0.3 is 0 Å². The summed E-state index contributed by atoms with van der Waals surface area (Å²) in [4.78, 5) is 0. The van der Waals surface area contributed by atoms with E-state index in [4.69, 9.17) is 0 Å². The molecule has 3 atom stereocenters. The number of rotatable bonds is 0. The second kappa shape index (κ2) is 4.28. The molecule has 0 N–H and O–H groups in total. The molecule has 0 aromatic heterocycles. The predicted octanol–water partition coefficient (Wildman–Crippen LogP) is 2.45. The average molecular weight is 248 g/mol. The third kappa shape index (κ3) is 1.35. The lowest BCUT2D eigenvalue weighted by molar-refractivity contribution is 0.233. The monoisotopic (exact) mass is 248 g/mol. The largest absolute Gasteiger partial charge is 0.196 e. The quantitative estimate of drug-likeness (QED) is 0.657. The number of nitriles is 4. The molecule has 0 radical (unpaired) electrons. The van der Waals surface area contributed by atoms with Crippen LogP contribution in [0.4, 0.5) is 0 Å². The van der Waals surface area contributed by atoms with Crippen LogP contribution in [0.15, 0.2) is 24.3 Å². The lowest BCUT2D eigenvalue weighted by Crippen LogP contribution is -2.41. The van der Waals surface area contributed by atoms with Crippen molar-refractivity contribution in [2.45, 2.75) is 13.3 Å². The summed E-state index contributed by atoms with van der Waals surface area (Å²) in [6.45, 7) is 1.92. The lowest BCUT2D eigenvalue weighted by Gasteiger charge is -2.31. The molecule has 4 nitrogen and oxygen atoms in total. The number of hydrogen-bond donors (Lipinski definition) is 0. The number of hydrogen-bond acceptors (Lipinski definition) is 4. The van der Waals surface area contributed by atoms with Crippen molar-refractivity contribution in [3.63, 3.8) is 0 Å². The van der Waals surface area contributed by atoms with E-state index in [2.05, 4.69) is 0 Å². The van der Waals surface area contributed by atoms with Gasteiger partial charge in [-0.05, 0) is 12.3 Å². The van der Waals surface area contributed by atoms with Gasteiger partial charge in [0.15, 0.2) is 10.8 Å². The minimum Gasteiger partial charge on any atom is -0.196 e. The molecule has 0 aliphatic heterocycles. The van der Waals surface area contributed by atoms with Gasteiger partial charge in [-0.15, -0.1) is 0 Å². The van der Waals surface area contributed by atoms with E-state index in [1.165, 1.54) is 0 Å². The normalized spacial score (nSPS) is 36.4. The molecule has 1 fully saturated rings. The van der Waals surface area contributed by atoms with Crippen LogP contribution < -0.4 is 0 Å². The molecule has 0 aromatic carbocycles. The fraction of sp³-hybridized carbons (Fsp3) is 0.467. The van der Waals surface area contributed by atoms with Crippen LogP contribution in [-0.2, 0) is 0 Å². The first kappa shape index (κ1) is 12.9. The van der Waals surface area contributed by atoms with Crippen molar-refractivity contribution < 1.29 is 0 Å².